The maximum atomic E-state index is 11.4. The van der Waals surface area contributed by atoms with Crippen molar-refractivity contribution < 1.29 is 9.53 Å². The van der Waals surface area contributed by atoms with E-state index in [0.29, 0.717) is 13.0 Å². The molecule has 0 saturated heterocycles. The third-order valence-corrected chi connectivity index (χ3v) is 2.60. The van der Waals surface area contributed by atoms with Crippen LogP contribution >= 0.6 is 0 Å². The van der Waals surface area contributed by atoms with Gasteiger partial charge in [-0.05, 0) is 18.6 Å². The Balaban J connectivity index is 2.54. The van der Waals surface area contributed by atoms with Crippen molar-refractivity contribution in [3.8, 4) is 5.75 Å². The fraction of sp³-hybridized carbons (Fsp3) is 0.462. The van der Waals surface area contributed by atoms with Crippen LogP contribution in [0.3, 0.4) is 0 Å². The van der Waals surface area contributed by atoms with E-state index in [0.717, 1.165) is 17.0 Å². The standard InChI is InChI=1S/C13H20N2O2/c1-10-5-6-11(17-4)9-12(10)14-8-7-13(16)15(2)3/h5-6,9,14H,7-8H2,1-4H3. The Morgan fingerprint density at radius 2 is 2.12 bits per heavy atom. The quantitative estimate of drug-likeness (QED) is 0.849. The number of anilines is 1. The first-order chi connectivity index (χ1) is 8.04. The Kier molecular flexibility index (Phi) is 4.82. The highest BCUT2D eigenvalue weighted by atomic mass is 16.5. The summed E-state index contributed by atoms with van der Waals surface area (Å²) in [5.41, 5.74) is 2.15. The van der Waals surface area contributed by atoms with Crippen LogP contribution in [0.15, 0.2) is 18.2 Å². The molecule has 0 saturated carbocycles. The lowest BCUT2D eigenvalue weighted by molar-refractivity contribution is -0.128. The molecular formula is C13H20N2O2. The zero-order valence-electron chi connectivity index (χ0n) is 10.9. The molecule has 0 aromatic heterocycles. The number of hydrogen-bond donors (Lipinski definition) is 1. The molecule has 1 aromatic rings. The Hall–Kier alpha value is -1.71. The van der Waals surface area contributed by atoms with Gasteiger partial charge in [0.25, 0.3) is 0 Å². The number of ether oxygens (including phenoxy) is 1. The zero-order valence-corrected chi connectivity index (χ0v) is 10.9. The van der Waals surface area contributed by atoms with Crippen molar-refractivity contribution in [2.24, 2.45) is 0 Å². The third kappa shape index (κ3) is 3.98. The van der Waals surface area contributed by atoms with Gasteiger partial charge in [-0.2, -0.15) is 0 Å². The molecule has 17 heavy (non-hydrogen) atoms. The largest absolute Gasteiger partial charge is 0.497 e. The highest BCUT2D eigenvalue weighted by Gasteiger charge is 2.04. The molecule has 0 spiro atoms. The third-order valence-electron chi connectivity index (χ3n) is 2.60. The van der Waals surface area contributed by atoms with Gasteiger partial charge in [-0.1, -0.05) is 6.07 Å². The summed E-state index contributed by atoms with van der Waals surface area (Å²) in [5, 5.41) is 3.25. The summed E-state index contributed by atoms with van der Waals surface area (Å²) < 4.78 is 5.16. The molecule has 0 aliphatic carbocycles. The first kappa shape index (κ1) is 13.4. The second-order valence-electron chi connectivity index (χ2n) is 4.15. The minimum Gasteiger partial charge on any atom is -0.497 e. The number of benzene rings is 1. The van der Waals surface area contributed by atoms with Crippen molar-refractivity contribution in [1.82, 2.24) is 4.90 Å². The molecule has 1 amide bonds. The fourth-order valence-corrected chi connectivity index (χ4v) is 1.45. The maximum absolute atomic E-state index is 11.4. The monoisotopic (exact) mass is 236 g/mol. The Labute approximate surface area is 103 Å². The highest BCUT2D eigenvalue weighted by Crippen LogP contribution is 2.21. The number of amides is 1. The van der Waals surface area contributed by atoms with Gasteiger partial charge in [0.05, 0.1) is 7.11 Å². The van der Waals surface area contributed by atoms with Crippen molar-refractivity contribution in [1.29, 1.82) is 0 Å². The zero-order chi connectivity index (χ0) is 12.8. The lowest BCUT2D eigenvalue weighted by Crippen LogP contribution is -2.24. The number of aryl methyl sites for hydroxylation is 1. The number of nitrogens with one attached hydrogen (secondary N) is 1. The predicted molar refractivity (Wildman–Crippen MR) is 69.5 cm³/mol. The van der Waals surface area contributed by atoms with Crippen LogP contribution in [0.1, 0.15) is 12.0 Å². The first-order valence-corrected chi connectivity index (χ1v) is 5.63. The SMILES string of the molecule is COc1ccc(C)c(NCCC(=O)N(C)C)c1. The Morgan fingerprint density at radius 1 is 1.41 bits per heavy atom. The molecule has 0 aliphatic heterocycles. The van der Waals surface area contributed by atoms with E-state index in [1.165, 1.54) is 0 Å². The average molecular weight is 236 g/mol. The highest BCUT2D eigenvalue weighted by molar-refractivity contribution is 5.76. The summed E-state index contributed by atoms with van der Waals surface area (Å²) in [6, 6.07) is 5.86. The molecule has 0 fully saturated rings. The number of methoxy groups -OCH3 is 1. The van der Waals surface area contributed by atoms with Crippen molar-refractivity contribution in [3.05, 3.63) is 23.8 Å². The lowest BCUT2D eigenvalue weighted by Gasteiger charge is -2.13. The summed E-state index contributed by atoms with van der Waals surface area (Å²) >= 11 is 0. The maximum Gasteiger partial charge on any atom is 0.223 e. The predicted octanol–water partition coefficient (Wildman–Crippen LogP) is 1.89. The molecule has 0 atom stereocenters. The molecule has 94 valence electrons. The van der Waals surface area contributed by atoms with Crippen LogP contribution in [-0.4, -0.2) is 38.6 Å². The van der Waals surface area contributed by atoms with Crippen molar-refractivity contribution >= 4 is 11.6 Å². The minimum atomic E-state index is 0.123. The summed E-state index contributed by atoms with van der Waals surface area (Å²) in [5.74, 6) is 0.940. The average Bonchev–Trinajstić information content (AvgIpc) is 2.31. The number of carbonyl (C=O) groups excluding carboxylic acids is 1. The van der Waals surface area contributed by atoms with Crippen LogP contribution in [-0.2, 0) is 4.79 Å². The van der Waals surface area contributed by atoms with Crippen molar-refractivity contribution in [3.63, 3.8) is 0 Å². The molecule has 4 nitrogen and oxygen atoms in total. The molecule has 0 heterocycles. The van der Waals surface area contributed by atoms with Gasteiger partial charge in [-0.15, -0.1) is 0 Å². The Morgan fingerprint density at radius 3 is 2.71 bits per heavy atom. The van der Waals surface area contributed by atoms with E-state index in [-0.39, 0.29) is 5.91 Å². The summed E-state index contributed by atoms with van der Waals surface area (Å²) in [7, 11) is 5.17. The smallest absolute Gasteiger partial charge is 0.223 e. The van der Waals surface area contributed by atoms with Crippen LogP contribution < -0.4 is 10.1 Å². The Bertz CT molecular complexity index is 389. The van der Waals surface area contributed by atoms with Gasteiger partial charge < -0.3 is 15.0 Å². The van der Waals surface area contributed by atoms with E-state index < -0.39 is 0 Å². The van der Waals surface area contributed by atoms with E-state index in [1.807, 2.05) is 25.1 Å². The number of hydrogen-bond acceptors (Lipinski definition) is 3. The van der Waals surface area contributed by atoms with Gasteiger partial charge in [0.15, 0.2) is 0 Å². The minimum absolute atomic E-state index is 0.123. The van der Waals surface area contributed by atoms with E-state index in [1.54, 1.807) is 26.1 Å². The van der Waals surface area contributed by atoms with E-state index in [4.69, 9.17) is 4.74 Å². The topological polar surface area (TPSA) is 41.6 Å². The molecule has 4 heteroatoms. The molecule has 0 bridgehead atoms. The van der Waals surface area contributed by atoms with Gasteiger partial charge in [0.1, 0.15) is 5.75 Å². The van der Waals surface area contributed by atoms with Gasteiger partial charge in [0.2, 0.25) is 5.91 Å². The lowest BCUT2D eigenvalue weighted by atomic mass is 10.2. The van der Waals surface area contributed by atoms with Gasteiger partial charge in [0, 0.05) is 38.8 Å². The van der Waals surface area contributed by atoms with Crippen molar-refractivity contribution in [2.45, 2.75) is 13.3 Å². The second kappa shape index (κ2) is 6.13. The van der Waals surface area contributed by atoms with E-state index >= 15 is 0 Å². The molecule has 0 aliphatic rings. The molecule has 1 N–H and O–H groups in total. The van der Waals surface area contributed by atoms with Crippen LogP contribution in [0.2, 0.25) is 0 Å². The molecular weight excluding hydrogens is 216 g/mol. The normalized spacial score (nSPS) is 9.88. The summed E-state index contributed by atoms with van der Waals surface area (Å²) in [4.78, 5) is 13.0. The first-order valence-electron chi connectivity index (χ1n) is 5.63. The van der Waals surface area contributed by atoms with Gasteiger partial charge >= 0.3 is 0 Å². The van der Waals surface area contributed by atoms with Crippen LogP contribution in [0, 0.1) is 6.92 Å². The van der Waals surface area contributed by atoms with Gasteiger partial charge in [-0.3, -0.25) is 4.79 Å². The number of carbonyl (C=O) groups is 1. The van der Waals surface area contributed by atoms with Crippen LogP contribution in [0.4, 0.5) is 5.69 Å². The van der Waals surface area contributed by atoms with E-state index in [2.05, 4.69) is 5.32 Å². The molecule has 0 radical (unpaired) electrons. The number of rotatable bonds is 5. The van der Waals surface area contributed by atoms with E-state index in [9.17, 15) is 4.79 Å². The van der Waals surface area contributed by atoms with Gasteiger partial charge in [-0.25, -0.2) is 0 Å². The molecule has 0 unspecified atom stereocenters. The summed E-state index contributed by atoms with van der Waals surface area (Å²) in [6.45, 7) is 2.65. The van der Waals surface area contributed by atoms with Crippen LogP contribution in [0.25, 0.3) is 0 Å². The fourth-order valence-electron chi connectivity index (χ4n) is 1.45. The van der Waals surface area contributed by atoms with Crippen molar-refractivity contribution in [2.75, 3.05) is 33.1 Å². The molecule has 1 rings (SSSR count). The summed E-state index contributed by atoms with van der Waals surface area (Å²) in [6.07, 6.45) is 0.490. The molecule has 1 aromatic carbocycles. The number of nitrogens with zero attached hydrogens (tertiary/aromatic N) is 1. The van der Waals surface area contributed by atoms with Crippen LogP contribution in [0.5, 0.6) is 5.75 Å². The second-order valence-corrected chi connectivity index (χ2v) is 4.15.